The van der Waals surface area contributed by atoms with Crippen LogP contribution in [-0.4, -0.2) is 58.0 Å². The minimum absolute atomic E-state index is 0.0625. The van der Waals surface area contributed by atoms with Gasteiger partial charge in [0.05, 0.1) is 40.5 Å². The van der Waals surface area contributed by atoms with Gasteiger partial charge in [0, 0.05) is 18.4 Å². The minimum atomic E-state index is -1.10. The highest BCUT2D eigenvalue weighted by Crippen LogP contribution is 2.53. The van der Waals surface area contributed by atoms with E-state index in [9.17, 15) is 15.0 Å². The standard InChI is InChI=1S/C23H26O9/c1-27-17-5-11(6-18(28-2)22(17)29-3)19-12-7-15-16(32-10-31-15)8-13(12)21(25)14(9-24)20(19)23(26)30-4/h5-8,14,19-21,24-25H,9-10H2,1-4H3/t14-,19-,20+,21-/m0/s1. The summed E-state index contributed by atoms with van der Waals surface area (Å²) in [5.74, 6) is -0.576. The molecule has 1 heterocycles. The van der Waals surface area contributed by atoms with Crippen LogP contribution in [0.4, 0.5) is 0 Å². The SMILES string of the molecule is COC(=O)[C@H]1[C@@H](c2cc(OC)c(OC)c(OC)c2)c2cc3c(cc2[C@H](O)[C@H]1CO)OCO3. The fourth-order valence-corrected chi connectivity index (χ4v) is 4.69. The normalized spacial score (nSPS) is 23.3. The van der Waals surface area contributed by atoms with Crippen LogP contribution in [0, 0.1) is 11.8 Å². The number of methoxy groups -OCH3 is 4. The molecular formula is C23H26O9. The molecule has 9 nitrogen and oxygen atoms in total. The predicted octanol–water partition coefficient (Wildman–Crippen LogP) is 2.02. The average Bonchev–Trinajstić information content (AvgIpc) is 3.28. The van der Waals surface area contributed by atoms with Crippen molar-refractivity contribution in [3.8, 4) is 28.7 Å². The maximum Gasteiger partial charge on any atom is 0.310 e. The van der Waals surface area contributed by atoms with E-state index in [2.05, 4.69) is 0 Å². The van der Waals surface area contributed by atoms with Gasteiger partial charge in [-0.3, -0.25) is 4.79 Å². The van der Waals surface area contributed by atoms with Gasteiger partial charge in [0.2, 0.25) is 12.5 Å². The van der Waals surface area contributed by atoms with Gasteiger partial charge < -0.3 is 38.6 Å². The van der Waals surface area contributed by atoms with Crippen LogP contribution in [-0.2, 0) is 9.53 Å². The number of hydrogen-bond acceptors (Lipinski definition) is 9. The molecule has 0 fully saturated rings. The smallest absolute Gasteiger partial charge is 0.310 e. The van der Waals surface area contributed by atoms with Gasteiger partial charge in [-0.15, -0.1) is 0 Å². The molecule has 0 spiro atoms. The molecule has 2 aliphatic rings. The van der Waals surface area contributed by atoms with Crippen LogP contribution in [0.25, 0.3) is 0 Å². The summed E-state index contributed by atoms with van der Waals surface area (Å²) >= 11 is 0. The van der Waals surface area contributed by atoms with Gasteiger partial charge in [-0.1, -0.05) is 0 Å². The fourth-order valence-electron chi connectivity index (χ4n) is 4.69. The van der Waals surface area contributed by atoms with E-state index < -0.39 is 36.4 Å². The Morgan fingerprint density at radius 3 is 2.06 bits per heavy atom. The lowest BCUT2D eigenvalue weighted by Gasteiger charge is -2.40. The van der Waals surface area contributed by atoms with Gasteiger partial charge in [-0.25, -0.2) is 0 Å². The van der Waals surface area contributed by atoms with Crippen molar-refractivity contribution in [3.63, 3.8) is 0 Å². The summed E-state index contributed by atoms with van der Waals surface area (Å²) in [6.07, 6.45) is -1.10. The average molecular weight is 446 g/mol. The van der Waals surface area contributed by atoms with Crippen molar-refractivity contribution in [3.05, 3.63) is 41.0 Å². The summed E-state index contributed by atoms with van der Waals surface area (Å²) in [6.45, 7) is -0.358. The Kier molecular flexibility index (Phi) is 6.03. The second-order valence-corrected chi connectivity index (χ2v) is 7.61. The zero-order valence-electron chi connectivity index (χ0n) is 18.3. The van der Waals surface area contributed by atoms with Crippen molar-refractivity contribution in [2.45, 2.75) is 12.0 Å². The molecule has 0 saturated heterocycles. The topological polar surface area (TPSA) is 113 Å². The van der Waals surface area contributed by atoms with Crippen LogP contribution in [0.3, 0.4) is 0 Å². The van der Waals surface area contributed by atoms with Crippen molar-refractivity contribution < 1.29 is 43.4 Å². The lowest BCUT2D eigenvalue weighted by molar-refractivity contribution is -0.152. The van der Waals surface area contributed by atoms with Crippen molar-refractivity contribution >= 4 is 5.97 Å². The number of carbonyl (C=O) groups is 1. The van der Waals surface area contributed by atoms with E-state index in [1.165, 1.54) is 28.4 Å². The van der Waals surface area contributed by atoms with Crippen LogP contribution in [0.1, 0.15) is 28.7 Å². The van der Waals surface area contributed by atoms with Crippen LogP contribution in [0.15, 0.2) is 24.3 Å². The third kappa shape index (κ3) is 3.37. The Labute approximate surface area is 185 Å². The number of aliphatic hydroxyl groups excluding tert-OH is 2. The molecule has 0 unspecified atom stereocenters. The maximum atomic E-state index is 13.0. The molecule has 2 aromatic carbocycles. The molecule has 2 aromatic rings. The highest BCUT2D eigenvalue weighted by atomic mass is 16.7. The van der Waals surface area contributed by atoms with Crippen molar-refractivity contribution in [1.29, 1.82) is 0 Å². The number of carbonyl (C=O) groups excluding carboxylic acids is 1. The molecule has 0 radical (unpaired) electrons. The number of aliphatic hydroxyl groups is 2. The number of ether oxygens (including phenoxy) is 6. The molecule has 4 atom stereocenters. The Morgan fingerprint density at radius 2 is 1.56 bits per heavy atom. The maximum absolute atomic E-state index is 13.0. The number of esters is 1. The summed E-state index contributed by atoms with van der Waals surface area (Å²) in [5.41, 5.74) is 1.88. The summed E-state index contributed by atoms with van der Waals surface area (Å²) in [5, 5.41) is 21.2. The summed E-state index contributed by atoms with van der Waals surface area (Å²) in [7, 11) is 5.80. The first-order valence-corrected chi connectivity index (χ1v) is 10.1. The van der Waals surface area contributed by atoms with Gasteiger partial charge in [-0.2, -0.15) is 0 Å². The van der Waals surface area contributed by atoms with Crippen LogP contribution in [0.5, 0.6) is 28.7 Å². The lowest BCUT2D eigenvalue weighted by atomic mass is 9.65. The molecule has 0 aromatic heterocycles. The summed E-state index contributed by atoms with van der Waals surface area (Å²) in [4.78, 5) is 13.0. The Hall–Kier alpha value is -3.17. The zero-order valence-corrected chi connectivity index (χ0v) is 18.3. The van der Waals surface area contributed by atoms with Crippen molar-refractivity contribution in [2.75, 3.05) is 41.8 Å². The third-order valence-electron chi connectivity index (χ3n) is 6.19. The molecular weight excluding hydrogens is 420 g/mol. The Morgan fingerprint density at radius 1 is 0.969 bits per heavy atom. The number of benzene rings is 2. The molecule has 0 amide bonds. The molecule has 4 rings (SSSR count). The van der Waals surface area contributed by atoms with Crippen molar-refractivity contribution in [1.82, 2.24) is 0 Å². The third-order valence-corrected chi connectivity index (χ3v) is 6.19. The molecule has 172 valence electrons. The van der Waals surface area contributed by atoms with Gasteiger partial charge in [0.25, 0.3) is 0 Å². The van der Waals surface area contributed by atoms with Crippen LogP contribution < -0.4 is 23.7 Å². The molecule has 0 saturated carbocycles. The van der Waals surface area contributed by atoms with E-state index >= 15 is 0 Å². The monoisotopic (exact) mass is 446 g/mol. The van der Waals surface area contributed by atoms with Gasteiger partial charge >= 0.3 is 5.97 Å². The highest BCUT2D eigenvalue weighted by molar-refractivity contribution is 5.77. The van der Waals surface area contributed by atoms with E-state index in [0.29, 0.717) is 45.4 Å². The second-order valence-electron chi connectivity index (χ2n) is 7.61. The molecule has 1 aliphatic carbocycles. The van der Waals surface area contributed by atoms with E-state index in [1.54, 1.807) is 24.3 Å². The summed E-state index contributed by atoms with van der Waals surface area (Å²) < 4.78 is 32.5. The highest BCUT2D eigenvalue weighted by Gasteiger charge is 2.48. The molecule has 2 N–H and O–H groups in total. The largest absolute Gasteiger partial charge is 0.493 e. The van der Waals surface area contributed by atoms with Gasteiger partial charge in [-0.05, 0) is 41.0 Å². The quantitative estimate of drug-likeness (QED) is 0.644. The Bertz CT molecular complexity index is 994. The zero-order chi connectivity index (χ0) is 23.0. The van der Waals surface area contributed by atoms with Gasteiger partial charge in [0.1, 0.15) is 0 Å². The van der Waals surface area contributed by atoms with E-state index in [4.69, 9.17) is 28.4 Å². The molecule has 1 aliphatic heterocycles. The van der Waals surface area contributed by atoms with E-state index in [-0.39, 0.29) is 6.79 Å². The first kappa shape index (κ1) is 22.0. The van der Waals surface area contributed by atoms with E-state index in [0.717, 1.165) is 0 Å². The van der Waals surface area contributed by atoms with Crippen LogP contribution in [0.2, 0.25) is 0 Å². The summed E-state index contributed by atoms with van der Waals surface area (Å²) in [6, 6.07) is 6.96. The predicted molar refractivity (Wildman–Crippen MR) is 112 cm³/mol. The fraction of sp³-hybridized carbons (Fsp3) is 0.435. The van der Waals surface area contributed by atoms with Crippen LogP contribution >= 0.6 is 0 Å². The first-order valence-electron chi connectivity index (χ1n) is 10.1. The van der Waals surface area contributed by atoms with E-state index in [1.807, 2.05) is 0 Å². The molecule has 9 heteroatoms. The van der Waals surface area contributed by atoms with Gasteiger partial charge in [0.15, 0.2) is 23.0 Å². The lowest BCUT2D eigenvalue weighted by Crippen LogP contribution is -2.41. The number of rotatable bonds is 6. The molecule has 32 heavy (non-hydrogen) atoms. The van der Waals surface area contributed by atoms with Crippen molar-refractivity contribution in [2.24, 2.45) is 11.8 Å². The number of hydrogen-bond donors (Lipinski definition) is 2. The Balaban J connectivity index is 1.99. The first-order chi connectivity index (χ1) is 15.5. The second kappa shape index (κ2) is 8.76. The minimum Gasteiger partial charge on any atom is -0.493 e. The molecule has 0 bridgehead atoms. The number of fused-ring (bicyclic) bond motifs is 2.